The molecule has 2 heterocycles. The number of nitriles is 1. The van der Waals surface area contributed by atoms with Crippen LogP contribution in [0.25, 0.3) is 33.4 Å². The molecule has 0 saturated carbocycles. The number of para-hydroxylation sites is 1. The highest BCUT2D eigenvalue weighted by atomic mass is 28.3. The molecule has 0 aliphatic rings. The number of methoxy groups -OCH3 is 1. The number of hydrogen-bond donors (Lipinski definition) is 0. The van der Waals surface area contributed by atoms with E-state index in [0.717, 1.165) is 22.9 Å². The number of pyridine rings is 1. The van der Waals surface area contributed by atoms with Gasteiger partial charge in [-0.2, -0.15) is 5.26 Å². The fraction of sp³-hybridized carbons (Fsp3) is 0.259. The average Bonchev–Trinajstić information content (AvgIpc) is 3.13. The number of fused-ring (bicyclic) bond motifs is 1. The second-order valence-electron chi connectivity index (χ2n) is 9.38. The van der Waals surface area contributed by atoms with Crippen molar-refractivity contribution >= 4 is 19.1 Å². The number of ether oxygens (including phenoxy) is 2. The lowest BCUT2D eigenvalue weighted by Crippen LogP contribution is -2.22. The highest BCUT2D eigenvalue weighted by molar-refractivity contribution is 6.76. The number of hydrogen-bond acceptors (Lipinski definition) is 4. The van der Waals surface area contributed by atoms with Gasteiger partial charge < -0.3 is 14.0 Å². The van der Waals surface area contributed by atoms with Gasteiger partial charge in [-0.3, -0.25) is 0 Å². The molecule has 4 aromatic rings. The van der Waals surface area contributed by atoms with Crippen LogP contribution in [0.15, 0.2) is 60.8 Å². The Labute approximate surface area is 200 Å². The molecule has 0 fully saturated rings. The molecule has 0 bridgehead atoms. The number of nitrogens with zero attached hydrogens (tertiary/aromatic N) is 3. The van der Waals surface area contributed by atoms with Gasteiger partial charge in [-0.1, -0.05) is 50.0 Å². The standard InChI is InChI=1S/C27H28FN3O2Si/c1-32-24-12-8-7-11-22(24)26-25(21-10-6-5-9-19(21)16-29)23-15-20(28)17-30-27(23)31(26)18-33-13-14-34(2,3)4/h5-12,15,17H,13-14,18H2,1-4H3. The van der Waals surface area contributed by atoms with E-state index in [-0.39, 0.29) is 6.73 Å². The third-order valence-electron chi connectivity index (χ3n) is 5.76. The summed E-state index contributed by atoms with van der Waals surface area (Å²) in [4.78, 5) is 4.44. The zero-order valence-corrected chi connectivity index (χ0v) is 20.9. The molecular weight excluding hydrogens is 445 g/mol. The third kappa shape index (κ3) is 4.74. The van der Waals surface area contributed by atoms with Crippen LogP contribution in [-0.4, -0.2) is 31.3 Å². The van der Waals surface area contributed by atoms with Crippen molar-refractivity contribution in [1.82, 2.24) is 9.55 Å². The zero-order chi connectivity index (χ0) is 24.3. The first-order chi connectivity index (χ1) is 16.3. The summed E-state index contributed by atoms with van der Waals surface area (Å²) >= 11 is 0. The van der Waals surface area contributed by atoms with E-state index in [4.69, 9.17) is 9.47 Å². The molecule has 0 radical (unpaired) electrons. The van der Waals surface area contributed by atoms with Crippen molar-refractivity contribution in [2.45, 2.75) is 32.4 Å². The fourth-order valence-corrected chi connectivity index (χ4v) is 4.81. The maximum absolute atomic E-state index is 14.5. The summed E-state index contributed by atoms with van der Waals surface area (Å²) in [6.45, 7) is 7.81. The molecule has 7 heteroatoms. The monoisotopic (exact) mass is 473 g/mol. The lowest BCUT2D eigenvalue weighted by atomic mass is 9.95. The first-order valence-corrected chi connectivity index (χ1v) is 14.9. The van der Waals surface area contributed by atoms with Crippen molar-refractivity contribution in [3.8, 4) is 34.2 Å². The Kier molecular flexibility index (Phi) is 6.82. The molecule has 2 aromatic carbocycles. The normalized spacial score (nSPS) is 11.5. The summed E-state index contributed by atoms with van der Waals surface area (Å²) in [6.07, 6.45) is 1.22. The molecule has 0 aliphatic carbocycles. The summed E-state index contributed by atoms with van der Waals surface area (Å²) in [7, 11) is 0.358. The molecule has 4 rings (SSSR count). The van der Waals surface area contributed by atoms with Crippen LogP contribution in [0, 0.1) is 17.1 Å². The second-order valence-corrected chi connectivity index (χ2v) is 15.0. The van der Waals surface area contributed by atoms with Gasteiger partial charge in [-0.25, -0.2) is 9.37 Å². The Morgan fingerprint density at radius 1 is 1.06 bits per heavy atom. The summed E-state index contributed by atoms with van der Waals surface area (Å²) in [5.74, 6) is 0.233. The molecule has 0 amide bonds. The molecule has 174 valence electrons. The van der Waals surface area contributed by atoms with Gasteiger partial charge in [0.1, 0.15) is 23.9 Å². The Balaban J connectivity index is 2.01. The molecule has 2 aromatic heterocycles. The zero-order valence-electron chi connectivity index (χ0n) is 19.9. The van der Waals surface area contributed by atoms with Gasteiger partial charge in [0.2, 0.25) is 0 Å². The van der Waals surface area contributed by atoms with E-state index in [1.54, 1.807) is 13.2 Å². The highest BCUT2D eigenvalue weighted by Crippen LogP contribution is 2.44. The lowest BCUT2D eigenvalue weighted by molar-refractivity contribution is 0.0909. The van der Waals surface area contributed by atoms with E-state index in [0.29, 0.717) is 34.5 Å². The molecule has 0 atom stereocenters. The largest absolute Gasteiger partial charge is 0.496 e. The first kappa shape index (κ1) is 23.7. The number of halogens is 1. The summed E-state index contributed by atoms with van der Waals surface area (Å²) < 4.78 is 28.2. The Morgan fingerprint density at radius 2 is 1.76 bits per heavy atom. The van der Waals surface area contributed by atoms with Crippen LogP contribution in [-0.2, 0) is 11.5 Å². The smallest absolute Gasteiger partial charge is 0.143 e. The van der Waals surface area contributed by atoms with Gasteiger partial charge in [-0.05, 0) is 30.3 Å². The van der Waals surface area contributed by atoms with Crippen molar-refractivity contribution in [3.63, 3.8) is 0 Å². The van der Waals surface area contributed by atoms with Gasteiger partial charge in [0, 0.05) is 36.8 Å². The van der Waals surface area contributed by atoms with Crippen molar-refractivity contribution in [2.75, 3.05) is 13.7 Å². The van der Waals surface area contributed by atoms with Crippen LogP contribution in [0.1, 0.15) is 5.56 Å². The van der Waals surface area contributed by atoms with E-state index in [1.165, 1.54) is 12.3 Å². The van der Waals surface area contributed by atoms with Crippen LogP contribution in [0.5, 0.6) is 5.75 Å². The molecule has 5 nitrogen and oxygen atoms in total. The third-order valence-corrected chi connectivity index (χ3v) is 7.46. The average molecular weight is 474 g/mol. The van der Waals surface area contributed by atoms with E-state index in [1.807, 2.05) is 47.0 Å². The van der Waals surface area contributed by atoms with Crippen molar-refractivity contribution < 1.29 is 13.9 Å². The minimum atomic E-state index is -1.26. The van der Waals surface area contributed by atoms with Gasteiger partial charge in [0.05, 0.1) is 30.6 Å². The number of benzene rings is 2. The van der Waals surface area contributed by atoms with Gasteiger partial charge in [0.25, 0.3) is 0 Å². The SMILES string of the molecule is COc1ccccc1-c1c(-c2ccccc2C#N)c2cc(F)cnc2n1COCC[Si](C)(C)C. The van der Waals surface area contributed by atoms with Gasteiger partial charge in [0.15, 0.2) is 0 Å². The molecular formula is C27H28FN3O2Si. The lowest BCUT2D eigenvalue weighted by Gasteiger charge is -2.18. The second kappa shape index (κ2) is 9.80. The maximum Gasteiger partial charge on any atom is 0.143 e. The summed E-state index contributed by atoms with van der Waals surface area (Å²) in [5.41, 5.74) is 4.14. The first-order valence-electron chi connectivity index (χ1n) is 11.2. The Hall–Kier alpha value is -3.47. The molecule has 0 saturated heterocycles. The minimum Gasteiger partial charge on any atom is -0.496 e. The van der Waals surface area contributed by atoms with Crippen LogP contribution in [0.3, 0.4) is 0 Å². The van der Waals surface area contributed by atoms with Crippen molar-refractivity contribution in [3.05, 3.63) is 72.2 Å². The van der Waals surface area contributed by atoms with Crippen molar-refractivity contribution in [1.29, 1.82) is 5.26 Å². The van der Waals surface area contributed by atoms with Gasteiger partial charge in [-0.15, -0.1) is 0 Å². The molecule has 0 N–H and O–H groups in total. The van der Waals surface area contributed by atoms with Crippen LogP contribution in [0.2, 0.25) is 25.7 Å². The predicted octanol–water partition coefficient (Wildman–Crippen LogP) is 6.70. The minimum absolute atomic E-state index is 0.252. The van der Waals surface area contributed by atoms with Crippen LogP contribution < -0.4 is 4.74 Å². The summed E-state index contributed by atoms with van der Waals surface area (Å²) in [5, 5.41) is 10.5. The Bertz CT molecular complexity index is 1370. The fourth-order valence-electron chi connectivity index (χ4n) is 4.05. The van der Waals surface area contributed by atoms with E-state index in [2.05, 4.69) is 30.7 Å². The predicted molar refractivity (Wildman–Crippen MR) is 136 cm³/mol. The topological polar surface area (TPSA) is 60.1 Å². The van der Waals surface area contributed by atoms with Gasteiger partial charge >= 0.3 is 0 Å². The number of rotatable bonds is 8. The summed E-state index contributed by atoms with van der Waals surface area (Å²) in [6, 6.07) is 19.8. The molecule has 0 aliphatic heterocycles. The van der Waals surface area contributed by atoms with E-state index >= 15 is 0 Å². The van der Waals surface area contributed by atoms with Crippen molar-refractivity contribution in [2.24, 2.45) is 0 Å². The number of aromatic nitrogens is 2. The van der Waals surface area contributed by atoms with Crippen LogP contribution in [0.4, 0.5) is 4.39 Å². The molecule has 34 heavy (non-hydrogen) atoms. The van der Waals surface area contributed by atoms with E-state index in [9.17, 15) is 9.65 Å². The highest BCUT2D eigenvalue weighted by Gasteiger charge is 2.25. The molecule has 0 spiro atoms. The van der Waals surface area contributed by atoms with E-state index < -0.39 is 13.9 Å². The maximum atomic E-state index is 14.5. The quantitative estimate of drug-likeness (QED) is 0.211. The Morgan fingerprint density at radius 3 is 2.47 bits per heavy atom. The van der Waals surface area contributed by atoms with Crippen LogP contribution >= 0.6 is 0 Å². The molecule has 0 unspecified atom stereocenters.